The van der Waals surface area contributed by atoms with E-state index in [2.05, 4.69) is 5.32 Å². The lowest BCUT2D eigenvalue weighted by Gasteiger charge is -2.14. The van der Waals surface area contributed by atoms with Crippen molar-refractivity contribution in [2.24, 2.45) is 11.8 Å². The van der Waals surface area contributed by atoms with Gasteiger partial charge in [-0.15, -0.1) is 0 Å². The number of aliphatic hydroxyl groups excluding tert-OH is 1. The van der Waals surface area contributed by atoms with Gasteiger partial charge < -0.3 is 10.4 Å². The Morgan fingerprint density at radius 2 is 2.17 bits per heavy atom. The van der Waals surface area contributed by atoms with Gasteiger partial charge in [-0.1, -0.05) is 6.92 Å². The minimum Gasteiger partial charge on any atom is -0.394 e. The van der Waals surface area contributed by atoms with E-state index in [0.29, 0.717) is 5.92 Å². The Morgan fingerprint density at radius 1 is 1.58 bits per heavy atom. The minimum absolute atomic E-state index is 0.0170. The van der Waals surface area contributed by atoms with Gasteiger partial charge in [0.05, 0.1) is 6.61 Å². The van der Waals surface area contributed by atoms with Crippen molar-refractivity contribution in [1.82, 2.24) is 5.32 Å². The number of hydrogen-bond donors (Lipinski definition) is 2. The fourth-order valence-corrected chi connectivity index (χ4v) is 1.23. The molecule has 1 aliphatic rings. The molecule has 1 aliphatic carbocycles. The van der Waals surface area contributed by atoms with Gasteiger partial charge in [0.15, 0.2) is 0 Å². The van der Waals surface area contributed by atoms with Crippen LogP contribution in [0, 0.1) is 11.8 Å². The predicted molar refractivity (Wildman–Crippen MR) is 46.6 cm³/mol. The second-order valence-corrected chi connectivity index (χ2v) is 3.72. The monoisotopic (exact) mass is 171 g/mol. The summed E-state index contributed by atoms with van der Waals surface area (Å²) in [5.74, 6) is 0.800. The molecule has 3 nitrogen and oxygen atoms in total. The Bertz CT molecular complexity index is 166. The molecular weight excluding hydrogens is 154 g/mol. The lowest BCUT2D eigenvalue weighted by atomic mass is 10.1. The third kappa shape index (κ3) is 2.48. The van der Waals surface area contributed by atoms with Crippen LogP contribution in [0.3, 0.4) is 0 Å². The van der Waals surface area contributed by atoms with Crippen molar-refractivity contribution in [3.63, 3.8) is 0 Å². The van der Waals surface area contributed by atoms with Gasteiger partial charge in [-0.3, -0.25) is 4.79 Å². The maximum Gasteiger partial charge on any atom is 0.223 e. The quantitative estimate of drug-likeness (QED) is 0.648. The van der Waals surface area contributed by atoms with Gasteiger partial charge >= 0.3 is 0 Å². The fourth-order valence-electron chi connectivity index (χ4n) is 1.23. The van der Waals surface area contributed by atoms with Crippen LogP contribution in [0.25, 0.3) is 0 Å². The number of carbonyl (C=O) groups is 1. The van der Waals surface area contributed by atoms with Crippen LogP contribution in [0.15, 0.2) is 0 Å². The number of hydrogen-bond acceptors (Lipinski definition) is 2. The Morgan fingerprint density at radius 3 is 2.58 bits per heavy atom. The van der Waals surface area contributed by atoms with Crippen LogP contribution in [0.2, 0.25) is 0 Å². The SMILES string of the molecule is CC(C(=O)N[C@H](C)CO)C1CC1. The summed E-state index contributed by atoms with van der Waals surface area (Å²) in [5.41, 5.74) is 0. The number of aliphatic hydroxyl groups is 1. The molecule has 0 aliphatic heterocycles. The molecule has 3 heteroatoms. The molecule has 0 radical (unpaired) electrons. The van der Waals surface area contributed by atoms with E-state index in [-0.39, 0.29) is 24.5 Å². The van der Waals surface area contributed by atoms with E-state index in [1.54, 1.807) is 6.92 Å². The Labute approximate surface area is 73.2 Å². The van der Waals surface area contributed by atoms with E-state index in [1.807, 2.05) is 6.92 Å². The number of carbonyl (C=O) groups excluding carboxylic acids is 1. The molecule has 0 spiro atoms. The van der Waals surface area contributed by atoms with Crippen molar-refractivity contribution in [2.75, 3.05) is 6.61 Å². The number of amides is 1. The highest BCUT2D eigenvalue weighted by Crippen LogP contribution is 2.36. The first-order chi connectivity index (χ1) is 5.65. The van der Waals surface area contributed by atoms with Crippen molar-refractivity contribution in [3.05, 3.63) is 0 Å². The highest BCUT2D eigenvalue weighted by atomic mass is 16.3. The molecule has 0 heterocycles. The van der Waals surface area contributed by atoms with Crippen LogP contribution in [-0.4, -0.2) is 23.7 Å². The van der Waals surface area contributed by atoms with E-state index < -0.39 is 0 Å². The highest BCUT2D eigenvalue weighted by molar-refractivity contribution is 5.79. The summed E-state index contributed by atoms with van der Waals surface area (Å²) in [6, 6.07) is -0.112. The maximum atomic E-state index is 11.4. The number of rotatable bonds is 4. The molecular formula is C9H17NO2. The fraction of sp³-hybridized carbons (Fsp3) is 0.889. The normalized spacial score (nSPS) is 21.6. The molecule has 0 bridgehead atoms. The third-order valence-corrected chi connectivity index (χ3v) is 2.41. The van der Waals surface area contributed by atoms with E-state index in [1.165, 1.54) is 12.8 Å². The van der Waals surface area contributed by atoms with Gasteiger partial charge in [-0.25, -0.2) is 0 Å². The Kier molecular flexibility index (Phi) is 3.09. The molecule has 1 amide bonds. The summed E-state index contributed by atoms with van der Waals surface area (Å²) < 4.78 is 0. The van der Waals surface area contributed by atoms with Gasteiger partial charge in [-0.2, -0.15) is 0 Å². The summed E-state index contributed by atoms with van der Waals surface area (Å²) in [5, 5.41) is 11.5. The second kappa shape index (κ2) is 3.90. The summed E-state index contributed by atoms with van der Waals surface area (Å²) in [7, 11) is 0. The smallest absolute Gasteiger partial charge is 0.223 e. The van der Waals surface area contributed by atoms with Crippen LogP contribution in [0.4, 0.5) is 0 Å². The Hall–Kier alpha value is -0.570. The Balaban J connectivity index is 2.26. The van der Waals surface area contributed by atoms with Crippen molar-refractivity contribution in [2.45, 2.75) is 32.7 Å². The van der Waals surface area contributed by atoms with Gasteiger partial charge in [0.1, 0.15) is 0 Å². The maximum absolute atomic E-state index is 11.4. The summed E-state index contributed by atoms with van der Waals surface area (Å²) in [6.45, 7) is 3.78. The highest BCUT2D eigenvalue weighted by Gasteiger charge is 2.32. The molecule has 2 N–H and O–H groups in total. The zero-order valence-electron chi connectivity index (χ0n) is 7.71. The summed E-state index contributed by atoms with van der Waals surface area (Å²) >= 11 is 0. The molecule has 70 valence electrons. The first-order valence-corrected chi connectivity index (χ1v) is 4.56. The molecule has 0 aromatic rings. The molecule has 1 fully saturated rings. The van der Waals surface area contributed by atoms with Gasteiger partial charge in [-0.05, 0) is 25.7 Å². The molecule has 0 saturated heterocycles. The largest absolute Gasteiger partial charge is 0.394 e. The van der Waals surface area contributed by atoms with Gasteiger partial charge in [0.25, 0.3) is 0 Å². The van der Waals surface area contributed by atoms with E-state index in [0.717, 1.165) is 0 Å². The van der Waals surface area contributed by atoms with Crippen LogP contribution in [-0.2, 0) is 4.79 Å². The van der Waals surface area contributed by atoms with E-state index in [9.17, 15) is 4.79 Å². The lowest BCUT2D eigenvalue weighted by Crippen LogP contribution is -2.38. The van der Waals surface area contributed by atoms with Crippen molar-refractivity contribution in [1.29, 1.82) is 0 Å². The average molecular weight is 171 g/mol. The van der Waals surface area contributed by atoms with Gasteiger partial charge in [0, 0.05) is 12.0 Å². The third-order valence-electron chi connectivity index (χ3n) is 2.41. The van der Waals surface area contributed by atoms with Gasteiger partial charge in [0.2, 0.25) is 5.91 Å². The van der Waals surface area contributed by atoms with Crippen LogP contribution >= 0.6 is 0 Å². The van der Waals surface area contributed by atoms with E-state index >= 15 is 0 Å². The topological polar surface area (TPSA) is 49.3 Å². The van der Waals surface area contributed by atoms with E-state index in [4.69, 9.17) is 5.11 Å². The van der Waals surface area contributed by atoms with Crippen molar-refractivity contribution in [3.8, 4) is 0 Å². The molecule has 1 unspecified atom stereocenters. The molecule has 1 rings (SSSR count). The molecule has 0 aromatic heterocycles. The van der Waals surface area contributed by atoms with Crippen LogP contribution < -0.4 is 5.32 Å². The molecule has 0 aromatic carbocycles. The molecule has 1 saturated carbocycles. The zero-order valence-corrected chi connectivity index (χ0v) is 7.71. The average Bonchev–Trinajstić information content (AvgIpc) is 2.85. The first kappa shape index (κ1) is 9.52. The summed E-state index contributed by atoms with van der Waals surface area (Å²) in [4.78, 5) is 11.4. The predicted octanol–water partition coefficient (Wildman–Crippen LogP) is 0.529. The van der Waals surface area contributed by atoms with Crippen molar-refractivity contribution >= 4 is 5.91 Å². The number of nitrogens with one attached hydrogen (secondary N) is 1. The standard InChI is InChI=1S/C9H17NO2/c1-6(5-11)10-9(12)7(2)8-3-4-8/h6-8,11H,3-5H2,1-2H3,(H,10,12)/t6-,7?/m1/s1. The minimum atomic E-state index is -0.112. The van der Waals surface area contributed by atoms with Crippen LogP contribution in [0.1, 0.15) is 26.7 Å². The first-order valence-electron chi connectivity index (χ1n) is 4.56. The second-order valence-electron chi connectivity index (χ2n) is 3.72. The van der Waals surface area contributed by atoms with Crippen LogP contribution in [0.5, 0.6) is 0 Å². The van der Waals surface area contributed by atoms with Crippen molar-refractivity contribution < 1.29 is 9.90 Å². The zero-order chi connectivity index (χ0) is 9.14. The summed E-state index contributed by atoms with van der Waals surface area (Å²) in [6.07, 6.45) is 2.37. The molecule has 2 atom stereocenters. The molecule has 12 heavy (non-hydrogen) atoms. The lowest BCUT2D eigenvalue weighted by molar-refractivity contribution is -0.126.